The van der Waals surface area contributed by atoms with Gasteiger partial charge in [-0.05, 0) is 26.0 Å². The molecule has 0 bridgehead atoms. The highest BCUT2D eigenvalue weighted by atomic mass is 16.5. The highest BCUT2D eigenvalue weighted by molar-refractivity contribution is 6.18. The summed E-state index contributed by atoms with van der Waals surface area (Å²) in [5, 5.41) is 17.1. The molecule has 1 unspecified atom stereocenters. The molecule has 1 atom stereocenters. The Bertz CT molecular complexity index is 1080. The van der Waals surface area contributed by atoms with Gasteiger partial charge in [0.2, 0.25) is 0 Å². The standard InChI is InChI=1S/C23H27N7O2/c1-4-24-20-14-29(5-2)26-13-18(20)23(31)27-22-12-19(21-15-32-11-10-25-21)28-30(22)17-8-6-16(3)7-9-17/h4-9,12-13,21,25H,2,10-11,14-15H2,1,3H3,(H,27,31). The van der Waals surface area contributed by atoms with E-state index in [0.717, 1.165) is 23.5 Å². The molecule has 9 heteroatoms. The molecule has 2 aliphatic heterocycles. The molecule has 1 amide bonds. The number of hydrogen-bond donors (Lipinski definition) is 2. The number of nitrogens with one attached hydrogen (secondary N) is 2. The second-order valence-electron chi connectivity index (χ2n) is 7.51. The number of benzene rings is 1. The lowest BCUT2D eigenvalue weighted by Gasteiger charge is -2.21. The van der Waals surface area contributed by atoms with E-state index in [2.05, 4.69) is 27.3 Å². The number of amides is 1. The summed E-state index contributed by atoms with van der Waals surface area (Å²) in [4.78, 5) is 17.6. The van der Waals surface area contributed by atoms with Crippen molar-refractivity contribution >= 4 is 24.2 Å². The van der Waals surface area contributed by atoms with E-state index < -0.39 is 0 Å². The van der Waals surface area contributed by atoms with Crippen molar-refractivity contribution in [2.24, 2.45) is 10.1 Å². The molecule has 3 heterocycles. The minimum absolute atomic E-state index is 0.0389. The van der Waals surface area contributed by atoms with Crippen LogP contribution in [0.15, 0.2) is 64.5 Å². The second-order valence-corrected chi connectivity index (χ2v) is 7.51. The van der Waals surface area contributed by atoms with Gasteiger partial charge in [0, 0.05) is 25.0 Å². The van der Waals surface area contributed by atoms with Gasteiger partial charge in [0.25, 0.3) is 5.91 Å². The van der Waals surface area contributed by atoms with Gasteiger partial charge in [-0.15, -0.1) is 0 Å². The van der Waals surface area contributed by atoms with Crippen molar-refractivity contribution in [2.45, 2.75) is 19.9 Å². The molecule has 0 radical (unpaired) electrons. The zero-order chi connectivity index (χ0) is 22.5. The van der Waals surface area contributed by atoms with Crippen molar-refractivity contribution in [3.05, 3.63) is 65.6 Å². The molecule has 1 fully saturated rings. The predicted molar refractivity (Wildman–Crippen MR) is 125 cm³/mol. The number of aliphatic imine (C=N–C) groups is 1. The normalized spacial score (nSPS) is 18.9. The zero-order valence-electron chi connectivity index (χ0n) is 18.3. The fourth-order valence-corrected chi connectivity index (χ4v) is 3.53. The van der Waals surface area contributed by atoms with Crippen molar-refractivity contribution in [1.29, 1.82) is 0 Å². The lowest BCUT2D eigenvalue weighted by molar-refractivity contribution is -0.112. The highest BCUT2D eigenvalue weighted by Gasteiger charge is 2.24. The largest absolute Gasteiger partial charge is 0.378 e. The van der Waals surface area contributed by atoms with E-state index in [9.17, 15) is 4.79 Å². The highest BCUT2D eigenvalue weighted by Crippen LogP contribution is 2.24. The van der Waals surface area contributed by atoms with Gasteiger partial charge in [0.1, 0.15) is 5.82 Å². The molecule has 32 heavy (non-hydrogen) atoms. The van der Waals surface area contributed by atoms with Gasteiger partial charge >= 0.3 is 0 Å². The maximum absolute atomic E-state index is 13.2. The third kappa shape index (κ3) is 4.68. The lowest BCUT2D eigenvalue weighted by Crippen LogP contribution is -2.34. The van der Waals surface area contributed by atoms with E-state index >= 15 is 0 Å². The molecular formula is C23H27N7O2. The SMILES string of the molecule is C=CN1CC(N=CC)=C(C(=O)Nc2cc(C3COCCN3)nn2-c2ccc(C)cc2)C=N1. The number of hydrazone groups is 1. The topological polar surface area (TPSA) is 96.1 Å². The Morgan fingerprint density at radius 3 is 2.88 bits per heavy atom. The Hall–Kier alpha value is -3.56. The van der Waals surface area contributed by atoms with Gasteiger partial charge in [-0.25, -0.2) is 4.68 Å². The number of carbonyl (C=O) groups is 1. The molecule has 166 valence electrons. The van der Waals surface area contributed by atoms with Crippen LogP contribution in [0.3, 0.4) is 0 Å². The number of aryl methyl sites for hydroxylation is 1. The van der Waals surface area contributed by atoms with Crippen LogP contribution in [0.5, 0.6) is 0 Å². The Kier molecular flexibility index (Phi) is 6.58. The van der Waals surface area contributed by atoms with E-state index in [1.807, 2.05) is 44.2 Å². The molecule has 0 saturated carbocycles. The number of ether oxygens (including phenoxy) is 1. The second kappa shape index (κ2) is 9.71. The molecule has 1 aromatic carbocycles. The maximum Gasteiger partial charge on any atom is 0.260 e. The fourth-order valence-electron chi connectivity index (χ4n) is 3.53. The first-order valence-corrected chi connectivity index (χ1v) is 10.5. The van der Waals surface area contributed by atoms with E-state index in [-0.39, 0.29) is 11.9 Å². The fraction of sp³-hybridized carbons (Fsp3) is 0.304. The first-order valence-electron chi connectivity index (χ1n) is 10.5. The maximum atomic E-state index is 13.2. The summed E-state index contributed by atoms with van der Waals surface area (Å²) in [6, 6.07) is 9.81. The summed E-state index contributed by atoms with van der Waals surface area (Å²) in [5.74, 6) is 0.263. The third-order valence-corrected chi connectivity index (χ3v) is 5.23. The minimum Gasteiger partial charge on any atom is -0.378 e. The van der Waals surface area contributed by atoms with Crippen LogP contribution in [-0.4, -0.2) is 59.4 Å². The Morgan fingerprint density at radius 1 is 1.38 bits per heavy atom. The van der Waals surface area contributed by atoms with Crippen LogP contribution < -0.4 is 10.6 Å². The third-order valence-electron chi connectivity index (χ3n) is 5.23. The number of aromatic nitrogens is 2. The van der Waals surface area contributed by atoms with Crippen molar-refractivity contribution < 1.29 is 9.53 Å². The van der Waals surface area contributed by atoms with Gasteiger partial charge in [-0.1, -0.05) is 24.3 Å². The van der Waals surface area contributed by atoms with Gasteiger partial charge in [0.15, 0.2) is 0 Å². The van der Waals surface area contributed by atoms with Crippen molar-refractivity contribution in [3.8, 4) is 5.69 Å². The molecule has 2 aromatic rings. The van der Waals surface area contributed by atoms with Crippen LogP contribution >= 0.6 is 0 Å². The molecule has 0 spiro atoms. The van der Waals surface area contributed by atoms with Gasteiger partial charge in [0.05, 0.1) is 54.7 Å². The number of morpholine rings is 1. The predicted octanol–water partition coefficient (Wildman–Crippen LogP) is 2.57. The van der Waals surface area contributed by atoms with Crippen LogP contribution in [0.25, 0.3) is 5.69 Å². The quantitative estimate of drug-likeness (QED) is 0.683. The lowest BCUT2D eigenvalue weighted by atomic mass is 10.1. The number of hydrogen-bond acceptors (Lipinski definition) is 7. The van der Waals surface area contributed by atoms with Crippen LogP contribution in [0, 0.1) is 6.92 Å². The van der Waals surface area contributed by atoms with Crippen LogP contribution in [0.2, 0.25) is 0 Å². The monoisotopic (exact) mass is 433 g/mol. The molecular weight excluding hydrogens is 406 g/mol. The Morgan fingerprint density at radius 2 is 2.19 bits per heavy atom. The van der Waals surface area contributed by atoms with Crippen LogP contribution in [0.1, 0.15) is 24.2 Å². The molecule has 2 aliphatic rings. The molecule has 1 saturated heterocycles. The average molecular weight is 434 g/mol. The van der Waals surface area contributed by atoms with Crippen LogP contribution in [-0.2, 0) is 9.53 Å². The number of anilines is 1. The van der Waals surface area contributed by atoms with E-state index in [1.54, 1.807) is 22.1 Å². The molecule has 0 aliphatic carbocycles. The number of rotatable bonds is 6. The number of nitrogens with zero attached hydrogens (tertiary/aromatic N) is 5. The van der Waals surface area contributed by atoms with Crippen molar-refractivity contribution in [3.63, 3.8) is 0 Å². The average Bonchev–Trinajstić information content (AvgIpc) is 3.24. The smallest absolute Gasteiger partial charge is 0.260 e. The first-order chi connectivity index (χ1) is 15.6. The van der Waals surface area contributed by atoms with E-state index in [0.29, 0.717) is 36.8 Å². The Balaban J connectivity index is 1.67. The molecule has 1 aromatic heterocycles. The molecule has 9 nitrogen and oxygen atoms in total. The van der Waals surface area contributed by atoms with Gasteiger partial charge < -0.3 is 15.4 Å². The summed E-state index contributed by atoms with van der Waals surface area (Å²) in [7, 11) is 0. The van der Waals surface area contributed by atoms with Crippen molar-refractivity contribution in [1.82, 2.24) is 20.1 Å². The zero-order valence-corrected chi connectivity index (χ0v) is 18.3. The van der Waals surface area contributed by atoms with Crippen LogP contribution in [0.4, 0.5) is 5.82 Å². The summed E-state index contributed by atoms with van der Waals surface area (Å²) in [5.41, 5.74) is 3.81. The summed E-state index contributed by atoms with van der Waals surface area (Å²) < 4.78 is 7.33. The molecule has 4 rings (SSSR count). The summed E-state index contributed by atoms with van der Waals surface area (Å²) in [6.07, 6.45) is 4.76. The van der Waals surface area contributed by atoms with Gasteiger partial charge in [-0.2, -0.15) is 10.2 Å². The van der Waals surface area contributed by atoms with Crippen molar-refractivity contribution in [2.75, 3.05) is 31.6 Å². The summed E-state index contributed by atoms with van der Waals surface area (Å²) in [6.45, 7) is 9.90. The van der Waals surface area contributed by atoms with Gasteiger partial charge in [-0.3, -0.25) is 14.8 Å². The number of carbonyl (C=O) groups excluding carboxylic acids is 1. The Labute approximate surface area is 187 Å². The van der Waals surface area contributed by atoms with E-state index in [4.69, 9.17) is 9.84 Å². The minimum atomic E-state index is -0.300. The molecule has 2 N–H and O–H groups in total. The van der Waals surface area contributed by atoms with E-state index in [1.165, 1.54) is 6.21 Å². The summed E-state index contributed by atoms with van der Waals surface area (Å²) >= 11 is 0. The first kappa shape index (κ1) is 21.7.